The number of rotatable bonds is 3. The highest BCUT2D eigenvalue weighted by Crippen LogP contribution is 2.18. The molecule has 4 heteroatoms. The Bertz CT molecular complexity index is 339. The van der Waals surface area contributed by atoms with Gasteiger partial charge in [0.15, 0.2) is 0 Å². The molecule has 0 atom stereocenters. The van der Waals surface area contributed by atoms with E-state index < -0.39 is 0 Å². The zero-order valence-electron chi connectivity index (χ0n) is 7.88. The Morgan fingerprint density at radius 2 is 2.29 bits per heavy atom. The minimum atomic E-state index is -0.0527. The summed E-state index contributed by atoms with van der Waals surface area (Å²) < 4.78 is 0.901. The minimum Gasteiger partial charge on any atom is -0.392 e. The van der Waals surface area contributed by atoms with Crippen LogP contribution in [0.15, 0.2) is 22.7 Å². The molecule has 2 N–H and O–H groups in total. The highest BCUT2D eigenvalue weighted by molar-refractivity contribution is 9.10. The Morgan fingerprint density at radius 1 is 1.57 bits per heavy atom. The molecule has 1 rings (SSSR count). The van der Waals surface area contributed by atoms with Gasteiger partial charge < -0.3 is 10.4 Å². The van der Waals surface area contributed by atoms with E-state index in [0.29, 0.717) is 6.54 Å². The zero-order valence-corrected chi connectivity index (χ0v) is 9.47. The Kier molecular flexibility index (Phi) is 4.10. The molecule has 0 unspecified atom stereocenters. The standard InChI is InChI=1S/C10H12BrNO2/c1-7(14)12-5-9-3-2-8(6-13)4-10(9)11/h2-4,13H,5-6H2,1H3,(H,12,14). The molecule has 0 aliphatic rings. The van der Waals surface area contributed by atoms with Crippen LogP contribution in [0.5, 0.6) is 0 Å². The van der Waals surface area contributed by atoms with Gasteiger partial charge in [0, 0.05) is 17.9 Å². The summed E-state index contributed by atoms with van der Waals surface area (Å²) in [6.45, 7) is 2.01. The molecule has 0 saturated carbocycles. The number of nitrogens with one attached hydrogen (secondary N) is 1. The molecule has 3 nitrogen and oxygen atoms in total. The fourth-order valence-corrected chi connectivity index (χ4v) is 1.62. The Balaban J connectivity index is 2.73. The third-order valence-electron chi connectivity index (χ3n) is 1.83. The molecule has 0 aliphatic carbocycles. The first-order valence-electron chi connectivity index (χ1n) is 4.26. The van der Waals surface area contributed by atoms with E-state index in [-0.39, 0.29) is 12.5 Å². The van der Waals surface area contributed by atoms with Gasteiger partial charge in [-0.15, -0.1) is 0 Å². The summed E-state index contributed by atoms with van der Waals surface area (Å²) in [6.07, 6.45) is 0. The molecular formula is C10H12BrNO2. The van der Waals surface area contributed by atoms with E-state index >= 15 is 0 Å². The third kappa shape index (κ3) is 3.12. The molecule has 1 aromatic rings. The Labute approximate surface area is 91.3 Å². The largest absolute Gasteiger partial charge is 0.392 e. The third-order valence-corrected chi connectivity index (χ3v) is 2.57. The molecule has 0 radical (unpaired) electrons. The molecule has 0 aliphatic heterocycles. The van der Waals surface area contributed by atoms with Crippen molar-refractivity contribution in [1.29, 1.82) is 0 Å². The van der Waals surface area contributed by atoms with Crippen molar-refractivity contribution in [3.05, 3.63) is 33.8 Å². The monoisotopic (exact) mass is 257 g/mol. The van der Waals surface area contributed by atoms with E-state index in [9.17, 15) is 4.79 Å². The quantitative estimate of drug-likeness (QED) is 0.864. The summed E-state index contributed by atoms with van der Waals surface area (Å²) in [4.78, 5) is 10.7. The lowest BCUT2D eigenvalue weighted by Crippen LogP contribution is -2.19. The molecule has 1 amide bonds. The first-order chi connectivity index (χ1) is 6.63. The lowest BCUT2D eigenvalue weighted by molar-refractivity contribution is -0.119. The summed E-state index contributed by atoms with van der Waals surface area (Å²) in [7, 11) is 0. The number of amides is 1. The summed E-state index contributed by atoms with van der Waals surface area (Å²) >= 11 is 3.38. The molecule has 0 spiro atoms. The number of hydrogen-bond donors (Lipinski definition) is 2. The van der Waals surface area contributed by atoms with Gasteiger partial charge in [-0.05, 0) is 17.2 Å². The van der Waals surface area contributed by atoms with Gasteiger partial charge in [0.05, 0.1) is 6.61 Å². The Morgan fingerprint density at radius 3 is 2.79 bits per heavy atom. The molecular weight excluding hydrogens is 246 g/mol. The van der Waals surface area contributed by atoms with Gasteiger partial charge in [0.25, 0.3) is 0 Å². The predicted octanol–water partition coefficient (Wildman–Crippen LogP) is 1.58. The van der Waals surface area contributed by atoms with Crippen molar-refractivity contribution < 1.29 is 9.90 Å². The van der Waals surface area contributed by atoms with E-state index in [0.717, 1.165) is 15.6 Å². The van der Waals surface area contributed by atoms with Crippen LogP contribution < -0.4 is 5.32 Å². The van der Waals surface area contributed by atoms with Crippen molar-refractivity contribution in [1.82, 2.24) is 5.32 Å². The van der Waals surface area contributed by atoms with Gasteiger partial charge >= 0.3 is 0 Å². The maximum Gasteiger partial charge on any atom is 0.217 e. The van der Waals surface area contributed by atoms with Crippen LogP contribution in [0.1, 0.15) is 18.1 Å². The van der Waals surface area contributed by atoms with Crippen LogP contribution in [-0.2, 0) is 17.9 Å². The van der Waals surface area contributed by atoms with Crippen LogP contribution in [0.2, 0.25) is 0 Å². The van der Waals surface area contributed by atoms with Crippen LogP contribution >= 0.6 is 15.9 Å². The maximum absolute atomic E-state index is 10.7. The van der Waals surface area contributed by atoms with E-state index in [1.807, 2.05) is 18.2 Å². The van der Waals surface area contributed by atoms with Crippen LogP contribution in [0.25, 0.3) is 0 Å². The van der Waals surface area contributed by atoms with E-state index in [4.69, 9.17) is 5.11 Å². The fraction of sp³-hybridized carbons (Fsp3) is 0.300. The average molecular weight is 258 g/mol. The molecule has 0 bridgehead atoms. The van der Waals surface area contributed by atoms with Crippen LogP contribution in [0, 0.1) is 0 Å². The fourth-order valence-electron chi connectivity index (χ4n) is 1.05. The second kappa shape index (κ2) is 5.12. The van der Waals surface area contributed by atoms with E-state index in [2.05, 4.69) is 21.2 Å². The van der Waals surface area contributed by atoms with Gasteiger partial charge in [0.1, 0.15) is 0 Å². The lowest BCUT2D eigenvalue weighted by atomic mass is 10.1. The van der Waals surface area contributed by atoms with Crippen molar-refractivity contribution in [2.24, 2.45) is 0 Å². The SMILES string of the molecule is CC(=O)NCc1ccc(CO)cc1Br. The van der Waals surface area contributed by atoms with Crippen LogP contribution in [-0.4, -0.2) is 11.0 Å². The molecule has 14 heavy (non-hydrogen) atoms. The van der Waals surface area contributed by atoms with E-state index in [1.165, 1.54) is 6.92 Å². The van der Waals surface area contributed by atoms with Gasteiger partial charge in [-0.25, -0.2) is 0 Å². The van der Waals surface area contributed by atoms with E-state index in [1.54, 1.807) is 0 Å². The average Bonchev–Trinajstić information content (AvgIpc) is 2.15. The summed E-state index contributed by atoms with van der Waals surface area (Å²) in [5, 5.41) is 11.6. The normalized spacial score (nSPS) is 9.93. The number of aliphatic hydroxyl groups excluding tert-OH is 1. The van der Waals surface area contributed by atoms with Crippen molar-refractivity contribution in [2.45, 2.75) is 20.1 Å². The summed E-state index contributed by atoms with van der Waals surface area (Å²) in [6, 6.07) is 5.56. The smallest absolute Gasteiger partial charge is 0.217 e. The molecule has 0 aromatic heterocycles. The van der Waals surface area contributed by atoms with Crippen molar-refractivity contribution in [3.8, 4) is 0 Å². The van der Waals surface area contributed by atoms with Gasteiger partial charge in [-0.1, -0.05) is 28.1 Å². The summed E-state index contributed by atoms with van der Waals surface area (Å²) in [5.74, 6) is -0.0527. The number of aliphatic hydroxyl groups is 1. The summed E-state index contributed by atoms with van der Waals surface area (Å²) in [5.41, 5.74) is 1.85. The number of halogens is 1. The number of carbonyl (C=O) groups excluding carboxylic acids is 1. The van der Waals surface area contributed by atoms with Gasteiger partial charge in [-0.3, -0.25) is 4.79 Å². The van der Waals surface area contributed by atoms with Gasteiger partial charge in [-0.2, -0.15) is 0 Å². The molecule has 0 fully saturated rings. The topological polar surface area (TPSA) is 49.3 Å². The van der Waals surface area contributed by atoms with Crippen LogP contribution in [0.4, 0.5) is 0 Å². The second-order valence-corrected chi connectivity index (χ2v) is 3.85. The molecule has 0 saturated heterocycles. The van der Waals surface area contributed by atoms with Gasteiger partial charge in [0.2, 0.25) is 5.91 Å². The number of benzene rings is 1. The Hall–Kier alpha value is -0.870. The molecule has 76 valence electrons. The lowest BCUT2D eigenvalue weighted by Gasteiger charge is -2.06. The number of hydrogen-bond acceptors (Lipinski definition) is 2. The highest BCUT2D eigenvalue weighted by Gasteiger charge is 2.01. The zero-order chi connectivity index (χ0) is 10.6. The first-order valence-corrected chi connectivity index (χ1v) is 5.05. The van der Waals surface area contributed by atoms with Crippen molar-refractivity contribution in [3.63, 3.8) is 0 Å². The predicted molar refractivity (Wildman–Crippen MR) is 57.6 cm³/mol. The first kappa shape index (κ1) is 11.2. The van der Waals surface area contributed by atoms with Crippen molar-refractivity contribution >= 4 is 21.8 Å². The molecule has 0 heterocycles. The highest BCUT2D eigenvalue weighted by atomic mass is 79.9. The number of carbonyl (C=O) groups is 1. The van der Waals surface area contributed by atoms with Crippen LogP contribution in [0.3, 0.4) is 0 Å². The minimum absolute atomic E-state index is 0.0268. The maximum atomic E-state index is 10.7. The molecule has 1 aromatic carbocycles. The second-order valence-electron chi connectivity index (χ2n) is 2.99. The van der Waals surface area contributed by atoms with Crippen molar-refractivity contribution in [2.75, 3.05) is 0 Å².